The number of piperazine rings is 1. The van der Waals surface area contributed by atoms with Crippen molar-refractivity contribution in [3.8, 4) is 0 Å². The first-order valence-corrected chi connectivity index (χ1v) is 8.91. The van der Waals surface area contributed by atoms with Crippen molar-refractivity contribution in [3.63, 3.8) is 0 Å². The van der Waals surface area contributed by atoms with E-state index in [0.717, 1.165) is 12.8 Å². The summed E-state index contributed by atoms with van der Waals surface area (Å²) in [6, 6.07) is 0.136. The van der Waals surface area contributed by atoms with Gasteiger partial charge in [0.25, 0.3) is 0 Å². The highest BCUT2D eigenvalue weighted by atomic mass is 16.6. The molecule has 2 saturated heterocycles. The summed E-state index contributed by atoms with van der Waals surface area (Å²) in [5, 5.41) is 0. The van der Waals surface area contributed by atoms with E-state index in [4.69, 9.17) is 10.5 Å². The summed E-state index contributed by atoms with van der Waals surface area (Å²) in [4.78, 5) is 29.2. The van der Waals surface area contributed by atoms with Gasteiger partial charge in [-0.25, -0.2) is 4.79 Å². The van der Waals surface area contributed by atoms with Crippen molar-refractivity contribution in [2.24, 2.45) is 11.1 Å². The Labute approximate surface area is 144 Å². The Kier molecular flexibility index (Phi) is 4.14. The van der Waals surface area contributed by atoms with E-state index in [1.54, 1.807) is 4.90 Å². The number of hydrogen-bond acceptors (Lipinski definition) is 4. The van der Waals surface area contributed by atoms with Crippen LogP contribution in [0, 0.1) is 5.41 Å². The Morgan fingerprint density at radius 2 is 1.88 bits per heavy atom. The Balaban J connectivity index is 1.66. The molecule has 6 nitrogen and oxygen atoms in total. The van der Waals surface area contributed by atoms with Gasteiger partial charge >= 0.3 is 6.09 Å². The molecule has 1 aliphatic carbocycles. The molecule has 2 heterocycles. The zero-order valence-corrected chi connectivity index (χ0v) is 15.1. The summed E-state index contributed by atoms with van der Waals surface area (Å²) in [6.45, 7) is 8.83. The minimum atomic E-state index is -0.495. The molecule has 6 heteroatoms. The summed E-state index contributed by atoms with van der Waals surface area (Å²) < 4.78 is 5.48. The Bertz CT molecular complexity index is 568. The first kappa shape index (κ1) is 17.3. The average Bonchev–Trinajstić information content (AvgIpc) is 3.18. The second-order valence-electron chi connectivity index (χ2n) is 8.37. The third kappa shape index (κ3) is 2.92. The second-order valence-corrected chi connectivity index (χ2v) is 8.37. The second kappa shape index (κ2) is 5.76. The fraction of sp³-hybridized carbons (Fsp3) is 0.778. The number of hydrogen-bond donors (Lipinski definition) is 1. The van der Waals surface area contributed by atoms with Gasteiger partial charge in [0.15, 0.2) is 0 Å². The van der Waals surface area contributed by atoms with Gasteiger partial charge in [-0.2, -0.15) is 0 Å². The van der Waals surface area contributed by atoms with E-state index in [1.165, 1.54) is 0 Å². The lowest BCUT2D eigenvalue weighted by Gasteiger charge is -2.39. The maximum atomic E-state index is 13.1. The van der Waals surface area contributed by atoms with Crippen LogP contribution in [0.15, 0.2) is 12.2 Å². The van der Waals surface area contributed by atoms with Crippen LogP contribution in [-0.2, 0) is 9.53 Å². The van der Waals surface area contributed by atoms with Crippen molar-refractivity contribution < 1.29 is 14.3 Å². The number of likely N-dealkylation sites (tertiary alicyclic amines) is 2. The lowest BCUT2D eigenvalue weighted by Crippen LogP contribution is -2.54. The van der Waals surface area contributed by atoms with Crippen LogP contribution in [0.3, 0.4) is 0 Å². The van der Waals surface area contributed by atoms with Crippen LogP contribution in [0.1, 0.15) is 47.0 Å². The smallest absolute Gasteiger partial charge is 0.410 e. The summed E-state index contributed by atoms with van der Waals surface area (Å²) >= 11 is 0. The molecule has 3 aliphatic rings. The van der Waals surface area contributed by atoms with E-state index in [1.807, 2.05) is 44.7 Å². The van der Waals surface area contributed by atoms with Crippen LogP contribution >= 0.6 is 0 Å². The van der Waals surface area contributed by atoms with E-state index in [9.17, 15) is 9.59 Å². The quantitative estimate of drug-likeness (QED) is 0.782. The summed E-state index contributed by atoms with van der Waals surface area (Å²) in [6.07, 6.45) is 5.97. The third-order valence-corrected chi connectivity index (χ3v) is 5.45. The molecule has 2 bridgehead atoms. The average molecular weight is 335 g/mol. The largest absolute Gasteiger partial charge is 0.444 e. The molecule has 2 fully saturated rings. The van der Waals surface area contributed by atoms with E-state index in [-0.39, 0.29) is 30.1 Å². The molecular formula is C18H29N3O3. The molecule has 2 amide bonds. The fourth-order valence-corrected chi connectivity index (χ4v) is 4.18. The molecule has 0 saturated carbocycles. The molecule has 134 valence electrons. The van der Waals surface area contributed by atoms with Crippen LogP contribution in [-0.4, -0.2) is 58.6 Å². The first-order valence-electron chi connectivity index (χ1n) is 8.91. The minimum Gasteiger partial charge on any atom is -0.444 e. The normalized spacial score (nSPS) is 35.0. The molecule has 24 heavy (non-hydrogen) atoms. The molecule has 4 atom stereocenters. The molecule has 0 aromatic rings. The van der Waals surface area contributed by atoms with E-state index in [2.05, 4.69) is 0 Å². The van der Waals surface area contributed by atoms with E-state index >= 15 is 0 Å². The molecule has 0 aromatic carbocycles. The number of carbonyl (C=O) groups is 2. The van der Waals surface area contributed by atoms with Gasteiger partial charge in [-0.1, -0.05) is 19.1 Å². The van der Waals surface area contributed by atoms with Crippen LogP contribution < -0.4 is 5.73 Å². The SMILES string of the molecule is CC[C@]1(C(=O)N2C[C@@H]3C[C@H]2CN3C(=O)OC(C)(C)C)C=C[C@@H](N)C1. The van der Waals surface area contributed by atoms with Gasteiger partial charge in [-0.15, -0.1) is 0 Å². The van der Waals surface area contributed by atoms with Gasteiger partial charge < -0.3 is 20.3 Å². The predicted octanol–water partition coefficient (Wildman–Crippen LogP) is 1.89. The molecule has 0 radical (unpaired) electrons. The topological polar surface area (TPSA) is 75.9 Å². The number of fused-ring (bicyclic) bond motifs is 2. The van der Waals surface area contributed by atoms with E-state index < -0.39 is 11.0 Å². The number of ether oxygens (including phenoxy) is 1. The Hall–Kier alpha value is -1.56. The maximum Gasteiger partial charge on any atom is 0.410 e. The van der Waals surface area contributed by atoms with Gasteiger partial charge in [0, 0.05) is 19.1 Å². The third-order valence-electron chi connectivity index (χ3n) is 5.45. The van der Waals surface area contributed by atoms with Crippen LogP contribution in [0.25, 0.3) is 0 Å². The minimum absolute atomic E-state index is 0.0352. The van der Waals surface area contributed by atoms with Crippen molar-refractivity contribution in [2.45, 2.75) is 70.7 Å². The van der Waals surface area contributed by atoms with Crippen LogP contribution in [0.4, 0.5) is 4.79 Å². The molecule has 0 aromatic heterocycles. The van der Waals surface area contributed by atoms with Crippen molar-refractivity contribution in [1.82, 2.24) is 9.80 Å². The summed E-state index contributed by atoms with van der Waals surface area (Å²) in [5.41, 5.74) is 5.04. The zero-order chi connectivity index (χ0) is 17.7. The Morgan fingerprint density at radius 1 is 1.25 bits per heavy atom. The van der Waals surface area contributed by atoms with Gasteiger partial charge in [0.05, 0.1) is 17.5 Å². The van der Waals surface area contributed by atoms with E-state index in [0.29, 0.717) is 19.5 Å². The van der Waals surface area contributed by atoms with Crippen LogP contribution in [0.5, 0.6) is 0 Å². The number of amides is 2. The monoisotopic (exact) mass is 335 g/mol. The highest BCUT2D eigenvalue weighted by molar-refractivity contribution is 5.86. The van der Waals surface area contributed by atoms with Gasteiger partial charge in [-0.3, -0.25) is 4.79 Å². The van der Waals surface area contributed by atoms with Gasteiger partial charge in [0.1, 0.15) is 5.60 Å². The Morgan fingerprint density at radius 3 is 2.33 bits per heavy atom. The number of carbonyl (C=O) groups excluding carboxylic acids is 2. The highest BCUT2D eigenvalue weighted by Gasteiger charge is 2.52. The predicted molar refractivity (Wildman–Crippen MR) is 91.3 cm³/mol. The zero-order valence-electron chi connectivity index (χ0n) is 15.1. The van der Waals surface area contributed by atoms with Crippen molar-refractivity contribution in [1.29, 1.82) is 0 Å². The van der Waals surface area contributed by atoms with Crippen molar-refractivity contribution >= 4 is 12.0 Å². The maximum absolute atomic E-state index is 13.1. The lowest BCUT2D eigenvalue weighted by molar-refractivity contribution is -0.142. The van der Waals surface area contributed by atoms with Gasteiger partial charge in [0.2, 0.25) is 5.91 Å². The molecule has 0 unspecified atom stereocenters. The fourth-order valence-electron chi connectivity index (χ4n) is 4.18. The molecule has 2 N–H and O–H groups in total. The molecule has 3 rings (SSSR count). The molecule has 0 spiro atoms. The highest BCUT2D eigenvalue weighted by Crippen LogP contribution is 2.41. The van der Waals surface area contributed by atoms with Crippen LogP contribution in [0.2, 0.25) is 0 Å². The number of nitrogens with two attached hydrogens (primary N) is 1. The van der Waals surface area contributed by atoms with Crippen molar-refractivity contribution in [3.05, 3.63) is 12.2 Å². The number of nitrogens with zero attached hydrogens (tertiary/aromatic N) is 2. The van der Waals surface area contributed by atoms with Crippen molar-refractivity contribution in [2.75, 3.05) is 13.1 Å². The first-order chi connectivity index (χ1) is 11.1. The summed E-state index contributed by atoms with van der Waals surface area (Å²) in [5.74, 6) is 0.172. The number of rotatable bonds is 2. The lowest BCUT2D eigenvalue weighted by atomic mass is 9.82. The van der Waals surface area contributed by atoms with Gasteiger partial charge in [-0.05, 0) is 40.0 Å². The molecule has 2 aliphatic heterocycles. The summed E-state index contributed by atoms with van der Waals surface area (Å²) in [7, 11) is 0. The molecular weight excluding hydrogens is 306 g/mol. The standard InChI is InChI=1S/C18H29N3O3/c1-5-18(7-6-12(19)9-18)15(22)20-10-14-8-13(20)11-21(14)16(23)24-17(2,3)4/h6-7,12-14H,5,8-11,19H2,1-4H3/t12-,13+,14+,18+/m1/s1.